The van der Waals surface area contributed by atoms with Gasteiger partial charge in [-0.05, 0) is 24.5 Å². The first-order valence-corrected chi connectivity index (χ1v) is 10.5. The number of nitrogens with zero attached hydrogens (tertiary/aromatic N) is 2. The highest BCUT2D eigenvalue weighted by atomic mass is 35.5. The fourth-order valence-electron chi connectivity index (χ4n) is 2.72. The monoisotopic (exact) mass is 406 g/mol. The van der Waals surface area contributed by atoms with Crippen molar-refractivity contribution >= 4 is 50.8 Å². The number of hydrogen-bond donors (Lipinski definition) is 0. The number of amides is 1. The third-order valence-corrected chi connectivity index (χ3v) is 5.83. The van der Waals surface area contributed by atoms with Crippen LogP contribution in [0.4, 0.5) is 0 Å². The molecule has 0 radical (unpaired) electrons. The van der Waals surface area contributed by atoms with Gasteiger partial charge in [0.1, 0.15) is 0 Å². The molecule has 0 unspecified atom stereocenters. The Hall–Kier alpha value is -1.96. The molecule has 0 spiro atoms. The molecule has 3 aromatic rings. The average molecular weight is 407 g/mol. The van der Waals surface area contributed by atoms with Crippen LogP contribution >= 0.6 is 34.7 Å². The van der Waals surface area contributed by atoms with Crippen LogP contribution in [0.3, 0.4) is 0 Å². The molecule has 0 atom stereocenters. The predicted octanol–water partition coefficient (Wildman–Crippen LogP) is 4.19. The van der Waals surface area contributed by atoms with Crippen LogP contribution in [0.1, 0.15) is 10.4 Å². The summed E-state index contributed by atoms with van der Waals surface area (Å²) < 4.78 is 14.0. The van der Waals surface area contributed by atoms with Crippen LogP contribution in [0.5, 0.6) is 11.5 Å². The van der Waals surface area contributed by atoms with E-state index in [1.807, 2.05) is 12.1 Å². The molecular weight excluding hydrogens is 392 g/mol. The second-order valence-electron chi connectivity index (χ2n) is 5.63. The second-order valence-corrected chi connectivity index (χ2v) is 8.06. The van der Waals surface area contributed by atoms with Gasteiger partial charge < -0.3 is 14.0 Å². The molecular formula is C18H15ClN2O3S2. The first-order valence-electron chi connectivity index (χ1n) is 7.92. The fraction of sp³-hybridized carbons (Fsp3) is 0.222. The normalized spacial score (nSPS) is 13.5. The van der Waals surface area contributed by atoms with Crippen LogP contribution in [0.15, 0.2) is 41.4 Å². The second kappa shape index (κ2) is 7.34. The molecule has 2 heterocycles. The number of fused-ring (bicyclic) bond motifs is 2. The molecule has 1 aromatic heterocycles. The van der Waals surface area contributed by atoms with E-state index in [4.69, 9.17) is 21.1 Å². The lowest BCUT2D eigenvalue weighted by Gasteiger charge is -2.04. The molecule has 2 aromatic carbocycles. The number of benzene rings is 2. The highest BCUT2D eigenvalue weighted by Gasteiger charge is 2.18. The van der Waals surface area contributed by atoms with Gasteiger partial charge in [0, 0.05) is 35.0 Å². The van der Waals surface area contributed by atoms with Crippen LogP contribution in [-0.4, -0.2) is 29.3 Å². The van der Waals surface area contributed by atoms with Gasteiger partial charge in [0.05, 0.1) is 10.2 Å². The molecule has 0 bridgehead atoms. The molecule has 134 valence electrons. The van der Waals surface area contributed by atoms with Crippen molar-refractivity contribution in [1.29, 1.82) is 0 Å². The smallest absolute Gasteiger partial charge is 0.279 e. The van der Waals surface area contributed by atoms with E-state index in [-0.39, 0.29) is 12.7 Å². The van der Waals surface area contributed by atoms with Crippen LogP contribution < -0.4 is 14.3 Å². The van der Waals surface area contributed by atoms with E-state index in [0.29, 0.717) is 15.4 Å². The van der Waals surface area contributed by atoms with Gasteiger partial charge in [-0.1, -0.05) is 29.0 Å². The molecule has 1 amide bonds. The van der Waals surface area contributed by atoms with E-state index in [9.17, 15) is 4.79 Å². The van der Waals surface area contributed by atoms with E-state index in [0.717, 1.165) is 34.0 Å². The number of aromatic nitrogens is 1. The lowest BCUT2D eigenvalue weighted by atomic mass is 10.2. The van der Waals surface area contributed by atoms with Crippen molar-refractivity contribution in [2.45, 2.75) is 6.54 Å². The van der Waals surface area contributed by atoms with Crippen molar-refractivity contribution in [1.82, 2.24) is 4.57 Å². The molecule has 1 aliphatic heterocycles. The standard InChI is InChI=1S/C18H15ClN2O3S2/c1-25-6-5-21-13-8-14-15(24-10-23-14)9-16(13)26-18(21)20-17(22)11-3-2-4-12(19)7-11/h2-4,7-9H,5-6,10H2,1H3. The van der Waals surface area contributed by atoms with Crippen LogP contribution in [0.2, 0.25) is 5.02 Å². The average Bonchev–Trinajstić information content (AvgIpc) is 3.21. The van der Waals surface area contributed by atoms with Crippen molar-refractivity contribution in [2.24, 2.45) is 4.99 Å². The molecule has 1 aliphatic rings. The maximum Gasteiger partial charge on any atom is 0.279 e. The zero-order valence-electron chi connectivity index (χ0n) is 13.9. The summed E-state index contributed by atoms with van der Waals surface area (Å²) in [4.78, 5) is 17.6. The van der Waals surface area contributed by atoms with E-state index in [2.05, 4.69) is 15.8 Å². The van der Waals surface area contributed by atoms with Crippen LogP contribution in [0, 0.1) is 0 Å². The molecule has 0 aliphatic carbocycles. The topological polar surface area (TPSA) is 52.8 Å². The van der Waals surface area contributed by atoms with E-state index >= 15 is 0 Å². The number of halogens is 1. The highest BCUT2D eigenvalue weighted by molar-refractivity contribution is 7.98. The Morgan fingerprint density at radius 3 is 2.88 bits per heavy atom. The molecule has 0 saturated heterocycles. The van der Waals surface area contributed by atoms with Gasteiger partial charge >= 0.3 is 0 Å². The summed E-state index contributed by atoms with van der Waals surface area (Å²) in [7, 11) is 0. The Balaban J connectivity index is 1.84. The van der Waals surface area contributed by atoms with Gasteiger partial charge in [-0.3, -0.25) is 4.79 Å². The number of carbonyl (C=O) groups is 1. The summed E-state index contributed by atoms with van der Waals surface area (Å²) in [5, 5.41) is 0.517. The molecule has 0 N–H and O–H groups in total. The quantitative estimate of drug-likeness (QED) is 0.652. The number of rotatable bonds is 4. The third kappa shape index (κ3) is 3.34. The third-order valence-electron chi connectivity index (χ3n) is 3.96. The van der Waals surface area contributed by atoms with Gasteiger partial charge in [0.2, 0.25) is 6.79 Å². The number of thioether (sulfide) groups is 1. The van der Waals surface area contributed by atoms with Crippen molar-refractivity contribution in [3.8, 4) is 11.5 Å². The lowest BCUT2D eigenvalue weighted by molar-refractivity contribution is 0.0998. The fourth-order valence-corrected chi connectivity index (χ4v) is 4.34. The minimum Gasteiger partial charge on any atom is -0.454 e. The van der Waals surface area contributed by atoms with Crippen molar-refractivity contribution in [3.05, 3.63) is 51.8 Å². The minimum atomic E-state index is -0.308. The van der Waals surface area contributed by atoms with Gasteiger partial charge in [0.25, 0.3) is 5.91 Å². The first kappa shape index (κ1) is 17.5. The van der Waals surface area contributed by atoms with Gasteiger partial charge in [-0.2, -0.15) is 16.8 Å². The molecule has 0 fully saturated rings. The zero-order valence-corrected chi connectivity index (χ0v) is 16.3. The molecule has 4 rings (SSSR count). The number of aryl methyl sites for hydroxylation is 1. The van der Waals surface area contributed by atoms with E-state index in [1.54, 1.807) is 36.0 Å². The summed E-state index contributed by atoms with van der Waals surface area (Å²) >= 11 is 9.19. The summed E-state index contributed by atoms with van der Waals surface area (Å²) in [6, 6.07) is 10.7. The minimum absolute atomic E-state index is 0.238. The van der Waals surface area contributed by atoms with Crippen LogP contribution in [0.25, 0.3) is 10.2 Å². The summed E-state index contributed by atoms with van der Waals surface area (Å²) in [5.74, 6) is 2.06. The predicted molar refractivity (Wildman–Crippen MR) is 106 cm³/mol. The van der Waals surface area contributed by atoms with Crippen molar-refractivity contribution in [3.63, 3.8) is 0 Å². The zero-order chi connectivity index (χ0) is 18.1. The molecule has 0 saturated carbocycles. The molecule has 26 heavy (non-hydrogen) atoms. The lowest BCUT2D eigenvalue weighted by Crippen LogP contribution is -2.18. The van der Waals surface area contributed by atoms with Crippen molar-refractivity contribution < 1.29 is 14.3 Å². The maximum absolute atomic E-state index is 12.6. The summed E-state index contributed by atoms with van der Waals surface area (Å²) in [6.07, 6.45) is 2.05. The van der Waals surface area contributed by atoms with Gasteiger partial charge in [-0.25, -0.2) is 0 Å². The number of ether oxygens (including phenoxy) is 2. The summed E-state index contributed by atoms with van der Waals surface area (Å²) in [6.45, 7) is 0.990. The first-order chi connectivity index (χ1) is 12.7. The van der Waals surface area contributed by atoms with Crippen molar-refractivity contribution in [2.75, 3.05) is 18.8 Å². The van der Waals surface area contributed by atoms with E-state index in [1.165, 1.54) is 11.3 Å². The number of hydrogen-bond acceptors (Lipinski definition) is 5. The Morgan fingerprint density at radius 2 is 2.12 bits per heavy atom. The van der Waals surface area contributed by atoms with Gasteiger partial charge in [-0.15, -0.1) is 0 Å². The highest BCUT2D eigenvalue weighted by Crippen LogP contribution is 2.37. The van der Waals surface area contributed by atoms with E-state index < -0.39 is 0 Å². The molecule has 5 nitrogen and oxygen atoms in total. The maximum atomic E-state index is 12.6. The Labute approximate surface area is 163 Å². The van der Waals surface area contributed by atoms with Gasteiger partial charge in [0.15, 0.2) is 16.3 Å². The Morgan fingerprint density at radius 1 is 1.31 bits per heavy atom. The Kier molecular flexibility index (Phi) is 4.93. The Bertz CT molecular complexity index is 1060. The molecule has 8 heteroatoms. The van der Waals surface area contributed by atoms with Crippen LogP contribution in [-0.2, 0) is 6.54 Å². The number of thiazole rings is 1. The summed E-state index contributed by atoms with van der Waals surface area (Å²) in [5.41, 5.74) is 1.46. The number of carbonyl (C=O) groups excluding carboxylic acids is 1. The SMILES string of the molecule is CSCCn1c(=NC(=O)c2cccc(Cl)c2)sc2cc3c(cc21)OCO3. The largest absolute Gasteiger partial charge is 0.454 e.